The number of methoxy groups -OCH3 is 1. The van der Waals surface area contributed by atoms with Gasteiger partial charge in [-0.1, -0.05) is 23.5 Å². The van der Waals surface area contributed by atoms with E-state index in [1.54, 1.807) is 51.3 Å². The van der Waals surface area contributed by atoms with Crippen molar-refractivity contribution in [3.8, 4) is 5.75 Å². The number of esters is 1. The summed E-state index contributed by atoms with van der Waals surface area (Å²) in [6.07, 6.45) is 0. The number of fused-ring (bicyclic) bond motifs is 2. The molecule has 0 saturated heterocycles. The molecule has 0 N–H and O–H groups in total. The zero-order chi connectivity index (χ0) is 25.7. The fourth-order valence-electron chi connectivity index (χ4n) is 4.42. The molecule has 1 aliphatic heterocycles. The van der Waals surface area contributed by atoms with Crippen molar-refractivity contribution in [3.63, 3.8) is 0 Å². The van der Waals surface area contributed by atoms with Gasteiger partial charge >= 0.3 is 5.97 Å². The van der Waals surface area contributed by atoms with E-state index in [1.807, 2.05) is 19.9 Å². The number of rotatable bonds is 5. The van der Waals surface area contributed by atoms with Crippen LogP contribution in [0.25, 0.3) is 11.0 Å². The minimum atomic E-state index is -0.814. The smallest absolute Gasteiger partial charge is 0.350 e. The number of carbonyl (C=O) groups excluding carboxylic acids is 2. The van der Waals surface area contributed by atoms with Crippen LogP contribution in [0.1, 0.15) is 61.1 Å². The molecule has 3 heterocycles. The van der Waals surface area contributed by atoms with Crippen LogP contribution in [0.5, 0.6) is 5.75 Å². The first-order valence-electron chi connectivity index (χ1n) is 11.4. The van der Waals surface area contributed by atoms with Crippen molar-refractivity contribution in [1.29, 1.82) is 0 Å². The Balaban J connectivity index is 1.77. The highest BCUT2D eigenvalue weighted by Gasteiger charge is 2.45. The molecule has 0 fully saturated rings. The highest BCUT2D eigenvalue weighted by molar-refractivity contribution is 7.17. The summed E-state index contributed by atoms with van der Waals surface area (Å²) in [7, 11) is 1.55. The van der Waals surface area contributed by atoms with Crippen LogP contribution < -0.4 is 15.1 Å². The number of carbonyl (C=O) groups is 2. The Hall–Kier alpha value is -3.98. The highest BCUT2D eigenvalue weighted by atomic mass is 32.1. The molecule has 2 aromatic carbocycles. The van der Waals surface area contributed by atoms with Crippen LogP contribution in [0.4, 0.5) is 5.13 Å². The number of nitrogens with zero attached hydrogens (tertiary/aromatic N) is 2. The summed E-state index contributed by atoms with van der Waals surface area (Å²) < 4.78 is 16.6. The van der Waals surface area contributed by atoms with E-state index in [2.05, 4.69) is 4.98 Å². The maximum absolute atomic E-state index is 13.8. The van der Waals surface area contributed by atoms with Gasteiger partial charge < -0.3 is 13.9 Å². The van der Waals surface area contributed by atoms with Gasteiger partial charge in [0, 0.05) is 0 Å². The van der Waals surface area contributed by atoms with Gasteiger partial charge in [-0.25, -0.2) is 9.78 Å². The number of hydrogen-bond acceptors (Lipinski definition) is 8. The molecule has 0 radical (unpaired) electrons. The number of amides is 1. The van der Waals surface area contributed by atoms with Crippen molar-refractivity contribution < 1.29 is 23.5 Å². The number of aromatic nitrogens is 1. The van der Waals surface area contributed by atoms with Gasteiger partial charge in [0.25, 0.3) is 5.91 Å². The molecule has 0 saturated carbocycles. The zero-order valence-electron chi connectivity index (χ0n) is 20.5. The van der Waals surface area contributed by atoms with Crippen LogP contribution in [-0.2, 0) is 4.74 Å². The Bertz CT molecular complexity index is 1600. The van der Waals surface area contributed by atoms with Gasteiger partial charge in [-0.15, -0.1) is 0 Å². The fraction of sp³-hybridized carbons (Fsp3) is 0.259. The first kappa shape index (κ1) is 23.7. The predicted molar refractivity (Wildman–Crippen MR) is 136 cm³/mol. The largest absolute Gasteiger partial charge is 0.497 e. The number of anilines is 1. The molecule has 0 bridgehead atoms. The van der Waals surface area contributed by atoms with Crippen molar-refractivity contribution in [1.82, 2.24) is 4.98 Å². The summed E-state index contributed by atoms with van der Waals surface area (Å²) in [5.41, 5.74) is 3.30. The third-order valence-corrected chi connectivity index (χ3v) is 7.48. The second-order valence-corrected chi connectivity index (χ2v) is 9.57. The molecule has 8 nitrogen and oxygen atoms in total. The Labute approximate surface area is 211 Å². The summed E-state index contributed by atoms with van der Waals surface area (Å²) in [6.45, 7) is 7.47. The maximum atomic E-state index is 13.8. The van der Waals surface area contributed by atoms with Crippen LogP contribution in [-0.4, -0.2) is 30.6 Å². The van der Waals surface area contributed by atoms with Gasteiger partial charge in [-0.05, 0) is 68.7 Å². The van der Waals surface area contributed by atoms with E-state index in [-0.39, 0.29) is 28.5 Å². The Kier molecular flexibility index (Phi) is 5.88. The van der Waals surface area contributed by atoms with E-state index in [1.165, 1.54) is 4.90 Å². The van der Waals surface area contributed by atoms with E-state index in [0.29, 0.717) is 32.9 Å². The van der Waals surface area contributed by atoms with Crippen LogP contribution >= 0.6 is 11.3 Å². The first-order valence-corrected chi connectivity index (χ1v) is 12.3. The third-order valence-electron chi connectivity index (χ3n) is 6.35. The molecule has 1 unspecified atom stereocenters. The lowest BCUT2D eigenvalue weighted by Gasteiger charge is -2.22. The number of aryl methyl sites for hydroxylation is 3. The van der Waals surface area contributed by atoms with Gasteiger partial charge in [-0.2, -0.15) is 0 Å². The lowest BCUT2D eigenvalue weighted by atomic mass is 9.97. The molecular formula is C27H24N2O6S. The average Bonchev–Trinajstić information content (AvgIpc) is 3.38. The van der Waals surface area contributed by atoms with Gasteiger partial charge in [-0.3, -0.25) is 14.5 Å². The lowest BCUT2D eigenvalue weighted by molar-refractivity contribution is 0.0531. The Morgan fingerprint density at radius 2 is 1.89 bits per heavy atom. The van der Waals surface area contributed by atoms with Crippen molar-refractivity contribution in [3.05, 3.63) is 85.2 Å². The zero-order valence-corrected chi connectivity index (χ0v) is 21.3. The molecule has 9 heteroatoms. The quantitative estimate of drug-likeness (QED) is 0.348. The third kappa shape index (κ3) is 3.67. The molecule has 1 aliphatic rings. The summed E-state index contributed by atoms with van der Waals surface area (Å²) in [6, 6.07) is 9.92. The van der Waals surface area contributed by atoms with Gasteiger partial charge in [0.2, 0.25) is 5.76 Å². The fourth-order valence-corrected chi connectivity index (χ4v) is 5.41. The summed E-state index contributed by atoms with van der Waals surface area (Å²) in [4.78, 5) is 46.4. The van der Waals surface area contributed by atoms with Crippen LogP contribution in [0.2, 0.25) is 0 Å². The van der Waals surface area contributed by atoms with Crippen molar-refractivity contribution in [2.45, 2.75) is 33.7 Å². The van der Waals surface area contributed by atoms with Crippen LogP contribution in [0.3, 0.4) is 0 Å². The molecule has 5 rings (SSSR count). The van der Waals surface area contributed by atoms with Crippen LogP contribution in [0.15, 0.2) is 45.6 Å². The maximum Gasteiger partial charge on any atom is 0.350 e. The van der Waals surface area contributed by atoms with Gasteiger partial charge in [0.1, 0.15) is 16.2 Å². The lowest BCUT2D eigenvalue weighted by Crippen LogP contribution is -2.29. The molecule has 0 aliphatic carbocycles. The minimum Gasteiger partial charge on any atom is -0.497 e. The van der Waals surface area contributed by atoms with Crippen molar-refractivity contribution >= 4 is 39.3 Å². The molecule has 1 amide bonds. The van der Waals surface area contributed by atoms with Gasteiger partial charge in [0.15, 0.2) is 10.6 Å². The topological polar surface area (TPSA) is 98.9 Å². The SMILES string of the molecule is CCOC(=O)c1sc(N2C(=O)c3oc4cc(C)c(C)cc4c(=O)c3C2c2cccc(OC)c2)nc1C. The normalized spacial score (nSPS) is 14.9. The van der Waals surface area contributed by atoms with E-state index < -0.39 is 17.9 Å². The number of ether oxygens (including phenoxy) is 2. The second-order valence-electron chi connectivity index (χ2n) is 8.59. The summed E-state index contributed by atoms with van der Waals surface area (Å²) >= 11 is 1.05. The minimum absolute atomic E-state index is 0.0332. The standard InChI is InChI=1S/C27H24N2O6S/c1-6-34-26(32)24-15(4)28-27(36-24)29-21(16-8-7-9-17(12-16)33-5)20-22(30)18-10-13(2)14(3)11-19(18)35-23(20)25(29)31/h7-12,21H,6H2,1-5H3. The average molecular weight is 505 g/mol. The molecule has 184 valence electrons. The van der Waals surface area contributed by atoms with E-state index >= 15 is 0 Å². The molecule has 36 heavy (non-hydrogen) atoms. The van der Waals surface area contributed by atoms with E-state index in [0.717, 1.165) is 22.5 Å². The number of thiazole rings is 1. The Morgan fingerprint density at radius 1 is 1.14 bits per heavy atom. The predicted octanol–water partition coefficient (Wildman–Crippen LogP) is 5.11. The van der Waals surface area contributed by atoms with Gasteiger partial charge in [0.05, 0.1) is 36.4 Å². The molecule has 2 aromatic heterocycles. The van der Waals surface area contributed by atoms with E-state index in [4.69, 9.17) is 13.9 Å². The Morgan fingerprint density at radius 3 is 2.61 bits per heavy atom. The monoisotopic (exact) mass is 504 g/mol. The highest BCUT2D eigenvalue weighted by Crippen LogP contribution is 2.43. The molecule has 0 spiro atoms. The number of hydrogen-bond donors (Lipinski definition) is 0. The first-order chi connectivity index (χ1) is 17.2. The molecule has 4 aromatic rings. The molecule has 1 atom stereocenters. The van der Waals surface area contributed by atoms with Crippen LogP contribution in [0, 0.1) is 20.8 Å². The second kappa shape index (κ2) is 8.91. The van der Waals surface area contributed by atoms with E-state index in [9.17, 15) is 14.4 Å². The van der Waals surface area contributed by atoms with Crippen molar-refractivity contribution in [2.24, 2.45) is 0 Å². The van der Waals surface area contributed by atoms with Crippen molar-refractivity contribution in [2.75, 3.05) is 18.6 Å². The summed E-state index contributed by atoms with van der Waals surface area (Å²) in [5.74, 6) is -0.465. The number of benzene rings is 2. The summed E-state index contributed by atoms with van der Waals surface area (Å²) in [5, 5.41) is 0.678. The molecular weight excluding hydrogens is 480 g/mol.